The van der Waals surface area contributed by atoms with E-state index in [1.165, 1.54) is 12.1 Å². The van der Waals surface area contributed by atoms with Crippen LogP contribution in [0.1, 0.15) is 17.3 Å². The van der Waals surface area contributed by atoms with E-state index >= 15 is 0 Å². The molecule has 0 heterocycles. The van der Waals surface area contributed by atoms with Gasteiger partial charge in [-0.15, -0.1) is 0 Å². The molecule has 0 spiro atoms. The summed E-state index contributed by atoms with van der Waals surface area (Å²) in [4.78, 5) is 13.1. The number of aromatic hydroxyl groups is 1. The minimum Gasteiger partial charge on any atom is -0.508 e. The number of phenolic OH excluding ortho intramolecular Hbond substituents is 1. The standard InChI is InChI=1S/C10H13NO2/c1-3-11(2)10(13)8-4-6-9(12)7-5-8/h4-7,12H,3H2,1-2H3. The number of benzene rings is 1. The molecular formula is C10H13NO2. The van der Waals surface area contributed by atoms with Crippen molar-refractivity contribution >= 4 is 5.91 Å². The monoisotopic (exact) mass is 179 g/mol. The van der Waals surface area contributed by atoms with Gasteiger partial charge in [0.1, 0.15) is 5.75 Å². The molecule has 1 N–H and O–H groups in total. The van der Waals surface area contributed by atoms with Crippen molar-refractivity contribution in [3.05, 3.63) is 29.8 Å². The smallest absolute Gasteiger partial charge is 0.253 e. The highest BCUT2D eigenvalue weighted by Gasteiger charge is 2.08. The summed E-state index contributed by atoms with van der Waals surface area (Å²) >= 11 is 0. The molecule has 3 nitrogen and oxygen atoms in total. The molecule has 1 aromatic rings. The van der Waals surface area contributed by atoms with Crippen LogP contribution in [-0.4, -0.2) is 29.5 Å². The molecule has 0 unspecified atom stereocenters. The van der Waals surface area contributed by atoms with Crippen molar-refractivity contribution in [1.29, 1.82) is 0 Å². The molecule has 0 atom stereocenters. The second-order valence-corrected chi connectivity index (χ2v) is 2.87. The predicted octanol–water partition coefficient (Wildman–Crippen LogP) is 1.48. The number of hydrogen-bond acceptors (Lipinski definition) is 2. The fourth-order valence-corrected chi connectivity index (χ4v) is 0.968. The van der Waals surface area contributed by atoms with Gasteiger partial charge in [-0.1, -0.05) is 0 Å². The number of nitrogens with zero attached hydrogens (tertiary/aromatic N) is 1. The summed E-state index contributed by atoms with van der Waals surface area (Å²) in [6.45, 7) is 2.60. The van der Waals surface area contributed by atoms with Crippen molar-refractivity contribution in [2.45, 2.75) is 6.92 Å². The average Bonchev–Trinajstić information content (AvgIpc) is 2.17. The van der Waals surface area contributed by atoms with Crippen molar-refractivity contribution in [1.82, 2.24) is 4.90 Å². The lowest BCUT2D eigenvalue weighted by molar-refractivity contribution is 0.0802. The summed E-state index contributed by atoms with van der Waals surface area (Å²) in [5.41, 5.74) is 0.599. The van der Waals surface area contributed by atoms with Gasteiger partial charge in [-0.25, -0.2) is 0 Å². The minimum absolute atomic E-state index is 0.0255. The van der Waals surface area contributed by atoms with Gasteiger partial charge >= 0.3 is 0 Å². The Morgan fingerprint density at radius 2 is 1.92 bits per heavy atom. The van der Waals surface area contributed by atoms with Crippen LogP contribution >= 0.6 is 0 Å². The van der Waals surface area contributed by atoms with E-state index < -0.39 is 0 Å². The quantitative estimate of drug-likeness (QED) is 0.747. The predicted molar refractivity (Wildman–Crippen MR) is 50.7 cm³/mol. The number of phenols is 1. The lowest BCUT2D eigenvalue weighted by atomic mass is 10.2. The van der Waals surface area contributed by atoms with Crippen molar-refractivity contribution in [2.75, 3.05) is 13.6 Å². The molecule has 0 radical (unpaired) electrons. The second-order valence-electron chi connectivity index (χ2n) is 2.87. The van der Waals surface area contributed by atoms with Gasteiger partial charge in [-0.2, -0.15) is 0 Å². The van der Waals surface area contributed by atoms with E-state index in [0.29, 0.717) is 12.1 Å². The number of carbonyl (C=O) groups excluding carboxylic acids is 1. The highest BCUT2D eigenvalue weighted by molar-refractivity contribution is 5.94. The maximum atomic E-state index is 11.5. The van der Waals surface area contributed by atoms with E-state index in [1.807, 2.05) is 6.92 Å². The van der Waals surface area contributed by atoms with Crippen LogP contribution in [0.3, 0.4) is 0 Å². The number of hydrogen-bond donors (Lipinski definition) is 1. The van der Waals surface area contributed by atoms with Crippen molar-refractivity contribution in [3.8, 4) is 5.75 Å². The van der Waals surface area contributed by atoms with Gasteiger partial charge in [0.2, 0.25) is 0 Å². The zero-order chi connectivity index (χ0) is 9.84. The zero-order valence-electron chi connectivity index (χ0n) is 7.82. The Kier molecular flexibility index (Phi) is 2.90. The van der Waals surface area contributed by atoms with E-state index in [9.17, 15) is 4.79 Å². The van der Waals surface area contributed by atoms with Crippen LogP contribution in [0.25, 0.3) is 0 Å². The molecule has 0 saturated heterocycles. The highest BCUT2D eigenvalue weighted by atomic mass is 16.3. The lowest BCUT2D eigenvalue weighted by Gasteiger charge is -2.13. The molecule has 3 heteroatoms. The SMILES string of the molecule is CCN(C)C(=O)c1ccc(O)cc1. The third-order valence-corrected chi connectivity index (χ3v) is 1.94. The Labute approximate surface area is 77.6 Å². The van der Waals surface area contributed by atoms with Crippen LogP contribution in [0.4, 0.5) is 0 Å². The van der Waals surface area contributed by atoms with Gasteiger partial charge in [-0.05, 0) is 31.2 Å². The number of carbonyl (C=O) groups is 1. The van der Waals surface area contributed by atoms with Crippen LogP contribution in [-0.2, 0) is 0 Å². The molecule has 1 amide bonds. The van der Waals surface area contributed by atoms with Crippen molar-refractivity contribution in [2.24, 2.45) is 0 Å². The van der Waals surface area contributed by atoms with Crippen LogP contribution in [0.2, 0.25) is 0 Å². The Morgan fingerprint density at radius 3 is 2.38 bits per heavy atom. The Hall–Kier alpha value is -1.51. The van der Waals surface area contributed by atoms with E-state index in [1.54, 1.807) is 24.1 Å². The van der Waals surface area contributed by atoms with E-state index in [0.717, 1.165) is 0 Å². The zero-order valence-corrected chi connectivity index (χ0v) is 7.82. The van der Waals surface area contributed by atoms with Crippen molar-refractivity contribution < 1.29 is 9.90 Å². The lowest BCUT2D eigenvalue weighted by Crippen LogP contribution is -2.25. The van der Waals surface area contributed by atoms with Gasteiger partial charge < -0.3 is 10.0 Å². The number of amides is 1. The van der Waals surface area contributed by atoms with Crippen molar-refractivity contribution in [3.63, 3.8) is 0 Å². The fourth-order valence-electron chi connectivity index (χ4n) is 0.968. The summed E-state index contributed by atoms with van der Waals surface area (Å²) in [7, 11) is 1.75. The third kappa shape index (κ3) is 2.21. The summed E-state index contributed by atoms with van der Waals surface area (Å²) in [6, 6.07) is 6.25. The van der Waals surface area contributed by atoms with E-state index in [4.69, 9.17) is 5.11 Å². The molecule has 0 saturated carbocycles. The molecule has 1 aromatic carbocycles. The first-order chi connectivity index (χ1) is 6.15. The molecule has 0 aromatic heterocycles. The summed E-state index contributed by atoms with van der Waals surface area (Å²) in [6.07, 6.45) is 0. The molecule has 0 aliphatic carbocycles. The Balaban J connectivity index is 2.83. The van der Waals surface area contributed by atoms with E-state index in [-0.39, 0.29) is 11.7 Å². The van der Waals surface area contributed by atoms with Gasteiger partial charge in [-0.3, -0.25) is 4.79 Å². The first-order valence-electron chi connectivity index (χ1n) is 4.19. The van der Waals surface area contributed by atoms with Gasteiger partial charge in [0.25, 0.3) is 5.91 Å². The molecule has 0 bridgehead atoms. The van der Waals surface area contributed by atoms with Crippen LogP contribution in [0.5, 0.6) is 5.75 Å². The molecule has 0 aliphatic heterocycles. The van der Waals surface area contributed by atoms with E-state index in [2.05, 4.69) is 0 Å². The first-order valence-corrected chi connectivity index (χ1v) is 4.19. The Morgan fingerprint density at radius 1 is 1.38 bits per heavy atom. The molecule has 13 heavy (non-hydrogen) atoms. The molecule has 0 fully saturated rings. The van der Waals surface area contributed by atoms with Gasteiger partial charge in [0.15, 0.2) is 0 Å². The maximum Gasteiger partial charge on any atom is 0.253 e. The maximum absolute atomic E-state index is 11.5. The topological polar surface area (TPSA) is 40.5 Å². The number of rotatable bonds is 2. The minimum atomic E-state index is -0.0255. The largest absolute Gasteiger partial charge is 0.508 e. The second kappa shape index (κ2) is 3.94. The summed E-state index contributed by atoms with van der Waals surface area (Å²) < 4.78 is 0. The summed E-state index contributed by atoms with van der Waals surface area (Å²) in [5.74, 6) is 0.151. The fraction of sp³-hybridized carbons (Fsp3) is 0.300. The third-order valence-electron chi connectivity index (χ3n) is 1.94. The van der Waals surface area contributed by atoms with Crippen LogP contribution in [0.15, 0.2) is 24.3 Å². The summed E-state index contributed by atoms with van der Waals surface area (Å²) in [5, 5.41) is 9.01. The van der Waals surface area contributed by atoms with Crippen LogP contribution in [0, 0.1) is 0 Å². The molecule has 0 aliphatic rings. The first kappa shape index (κ1) is 9.58. The average molecular weight is 179 g/mol. The van der Waals surface area contributed by atoms with Crippen LogP contribution < -0.4 is 0 Å². The van der Waals surface area contributed by atoms with Gasteiger partial charge in [0.05, 0.1) is 0 Å². The van der Waals surface area contributed by atoms with Gasteiger partial charge in [0, 0.05) is 19.2 Å². The molecular weight excluding hydrogens is 166 g/mol. The normalized spacial score (nSPS) is 9.69. The highest BCUT2D eigenvalue weighted by Crippen LogP contribution is 2.10. The Bertz CT molecular complexity index is 292. The molecule has 1 rings (SSSR count). The molecule has 70 valence electrons.